The average molecular weight is 346 g/mol. The Balaban J connectivity index is 1.68. The molecule has 1 aromatic rings. The van der Waals surface area contributed by atoms with E-state index in [2.05, 4.69) is 4.90 Å². The number of piperidine rings is 2. The van der Waals surface area contributed by atoms with Crippen LogP contribution in [0.15, 0.2) is 24.3 Å². The third-order valence-corrected chi connectivity index (χ3v) is 5.55. The van der Waals surface area contributed by atoms with E-state index in [1.807, 2.05) is 19.2 Å². The molecule has 2 N–H and O–H groups in total. The molecule has 2 saturated heterocycles. The molecule has 0 spiro atoms. The van der Waals surface area contributed by atoms with E-state index < -0.39 is 11.6 Å². The average Bonchev–Trinajstić information content (AvgIpc) is 2.64. The molecule has 136 valence electrons. The summed E-state index contributed by atoms with van der Waals surface area (Å²) in [6, 6.07) is 6.91. The maximum atomic E-state index is 12.9. The van der Waals surface area contributed by atoms with Crippen molar-refractivity contribution in [2.75, 3.05) is 33.2 Å². The van der Waals surface area contributed by atoms with Gasteiger partial charge in [-0.2, -0.15) is 0 Å². The fraction of sp³-hybridized carbons (Fsp3) is 0.579. The first-order chi connectivity index (χ1) is 11.9. The van der Waals surface area contributed by atoms with Gasteiger partial charge in [0, 0.05) is 32.1 Å². The fourth-order valence-electron chi connectivity index (χ4n) is 3.83. The first-order valence-corrected chi connectivity index (χ1v) is 8.92. The highest BCUT2D eigenvalue weighted by Crippen LogP contribution is 2.31. The lowest BCUT2D eigenvalue weighted by atomic mass is 9.86. The number of benzene rings is 1. The summed E-state index contributed by atoms with van der Waals surface area (Å²) < 4.78 is 0. The van der Waals surface area contributed by atoms with Crippen LogP contribution in [0.4, 0.5) is 0 Å². The Morgan fingerprint density at radius 2 is 1.76 bits per heavy atom. The molecule has 2 fully saturated rings. The molecule has 2 heterocycles. The molecular formula is C19H26N2O4. The minimum Gasteiger partial charge on any atom is -0.478 e. The topological polar surface area (TPSA) is 81.1 Å². The summed E-state index contributed by atoms with van der Waals surface area (Å²) >= 11 is 0. The van der Waals surface area contributed by atoms with Crippen molar-refractivity contribution in [2.24, 2.45) is 0 Å². The van der Waals surface area contributed by atoms with Crippen LogP contribution in [0.25, 0.3) is 0 Å². The van der Waals surface area contributed by atoms with Gasteiger partial charge in [0.15, 0.2) is 0 Å². The van der Waals surface area contributed by atoms with Crippen molar-refractivity contribution >= 4 is 11.9 Å². The van der Waals surface area contributed by atoms with E-state index in [1.165, 1.54) is 0 Å². The first-order valence-electron chi connectivity index (χ1n) is 8.92. The summed E-state index contributed by atoms with van der Waals surface area (Å²) in [6.45, 7) is 2.73. The SMILES string of the molecule is CN1CCC(O)(C(=O)N2CCC[C@H](c3ccc(C(=O)O)cc3)C2)CC1. The molecule has 0 radical (unpaired) electrons. The quantitative estimate of drug-likeness (QED) is 0.868. The van der Waals surface area contributed by atoms with Crippen molar-refractivity contribution in [3.63, 3.8) is 0 Å². The number of aromatic carboxylic acids is 1. The molecule has 1 amide bonds. The lowest BCUT2D eigenvalue weighted by molar-refractivity contribution is -0.157. The van der Waals surface area contributed by atoms with Crippen LogP contribution in [0.1, 0.15) is 47.5 Å². The number of carbonyl (C=O) groups is 2. The number of carboxylic acids is 1. The van der Waals surface area contributed by atoms with Crippen LogP contribution in [0.5, 0.6) is 0 Å². The van der Waals surface area contributed by atoms with Gasteiger partial charge in [-0.15, -0.1) is 0 Å². The molecule has 0 aromatic heterocycles. The van der Waals surface area contributed by atoms with Crippen LogP contribution < -0.4 is 0 Å². The summed E-state index contributed by atoms with van der Waals surface area (Å²) in [5.74, 6) is -0.889. The molecule has 0 aliphatic carbocycles. The minimum atomic E-state index is -1.23. The highest BCUT2D eigenvalue weighted by molar-refractivity contribution is 5.87. The number of carboxylic acid groups (broad SMARTS) is 1. The molecule has 6 heteroatoms. The molecule has 25 heavy (non-hydrogen) atoms. The van der Waals surface area contributed by atoms with Crippen molar-refractivity contribution < 1.29 is 19.8 Å². The highest BCUT2D eigenvalue weighted by atomic mass is 16.4. The van der Waals surface area contributed by atoms with Gasteiger partial charge in [0.05, 0.1) is 5.56 Å². The zero-order valence-electron chi connectivity index (χ0n) is 14.6. The van der Waals surface area contributed by atoms with E-state index in [0.29, 0.717) is 25.9 Å². The first kappa shape index (κ1) is 17.9. The van der Waals surface area contributed by atoms with Gasteiger partial charge in [0.1, 0.15) is 5.60 Å². The minimum absolute atomic E-state index is 0.146. The summed E-state index contributed by atoms with van der Waals surface area (Å²) in [7, 11) is 2.00. The number of aliphatic hydroxyl groups is 1. The van der Waals surface area contributed by atoms with Gasteiger partial charge in [-0.25, -0.2) is 4.79 Å². The molecule has 6 nitrogen and oxygen atoms in total. The van der Waals surface area contributed by atoms with E-state index in [0.717, 1.165) is 31.5 Å². The van der Waals surface area contributed by atoms with Gasteiger partial charge in [0.2, 0.25) is 0 Å². The van der Waals surface area contributed by atoms with Crippen LogP contribution in [0.2, 0.25) is 0 Å². The third kappa shape index (κ3) is 3.85. The Bertz CT molecular complexity index is 635. The zero-order chi connectivity index (χ0) is 18.0. The smallest absolute Gasteiger partial charge is 0.335 e. The van der Waals surface area contributed by atoms with Crippen LogP contribution in [0, 0.1) is 0 Å². The number of hydrogen-bond donors (Lipinski definition) is 2. The predicted octanol–water partition coefficient (Wildman–Crippen LogP) is 1.55. The van der Waals surface area contributed by atoms with Crippen LogP contribution in [-0.2, 0) is 4.79 Å². The van der Waals surface area contributed by atoms with E-state index >= 15 is 0 Å². The number of nitrogens with zero attached hydrogens (tertiary/aromatic N) is 2. The molecule has 2 aliphatic rings. The molecule has 0 bridgehead atoms. The number of likely N-dealkylation sites (tertiary alicyclic amines) is 2. The zero-order valence-corrected chi connectivity index (χ0v) is 14.6. The van der Waals surface area contributed by atoms with Gasteiger partial charge >= 0.3 is 5.97 Å². The number of amides is 1. The van der Waals surface area contributed by atoms with Crippen molar-refractivity contribution in [2.45, 2.75) is 37.2 Å². The molecule has 1 atom stereocenters. The predicted molar refractivity (Wildman–Crippen MR) is 93.6 cm³/mol. The Kier molecular flexibility index (Phi) is 5.11. The van der Waals surface area contributed by atoms with Crippen molar-refractivity contribution in [1.29, 1.82) is 0 Å². The number of rotatable bonds is 3. The highest BCUT2D eigenvalue weighted by Gasteiger charge is 2.42. The summed E-state index contributed by atoms with van der Waals surface area (Å²) in [5, 5.41) is 19.8. The van der Waals surface area contributed by atoms with Crippen LogP contribution in [-0.4, -0.2) is 70.7 Å². The largest absolute Gasteiger partial charge is 0.478 e. The van der Waals surface area contributed by atoms with Crippen LogP contribution in [0.3, 0.4) is 0 Å². The van der Waals surface area contributed by atoms with E-state index in [4.69, 9.17) is 5.11 Å². The summed E-state index contributed by atoms with van der Waals surface area (Å²) in [5.41, 5.74) is 0.0904. The normalized spacial score (nSPS) is 24.1. The monoisotopic (exact) mass is 346 g/mol. The van der Waals surface area contributed by atoms with Crippen LogP contribution >= 0.6 is 0 Å². The van der Waals surface area contributed by atoms with E-state index in [1.54, 1.807) is 17.0 Å². The standard InChI is InChI=1S/C19H26N2O4/c1-20-11-8-19(25,9-12-20)18(24)21-10-2-3-16(13-21)14-4-6-15(7-5-14)17(22)23/h4-7,16,25H,2-3,8-13H2,1H3,(H,22,23)/t16-/m0/s1. The summed E-state index contributed by atoms with van der Waals surface area (Å²) in [4.78, 5) is 27.8. The number of hydrogen-bond acceptors (Lipinski definition) is 4. The van der Waals surface area contributed by atoms with Gasteiger partial charge in [-0.3, -0.25) is 4.79 Å². The second kappa shape index (κ2) is 7.14. The second-order valence-corrected chi connectivity index (χ2v) is 7.35. The molecule has 3 rings (SSSR count). The summed E-state index contributed by atoms with van der Waals surface area (Å²) in [6.07, 6.45) is 2.83. The van der Waals surface area contributed by atoms with Gasteiger partial charge < -0.3 is 20.0 Å². The molecule has 2 aliphatic heterocycles. The Hall–Kier alpha value is -1.92. The lowest BCUT2D eigenvalue weighted by Crippen LogP contribution is -2.56. The molecule has 1 aromatic carbocycles. The Morgan fingerprint density at radius 3 is 2.36 bits per heavy atom. The third-order valence-electron chi connectivity index (χ3n) is 5.55. The van der Waals surface area contributed by atoms with E-state index in [-0.39, 0.29) is 17.4 Å². The van der Waals surface area contributed by atoms with E-state index in [9.17, 15) is 14.7 Å². The fourth-order valence-corrected chi connectivity index (χ4v) is 3.83. The van der Waals surface area contributed by atoms with Gasteiger partial charge in [-0.05, 0) is 50.4 Å². The van der Waals surface area contributed by atoms with Gasteiger partial charge in [0.25, 0.3) is 5.91 Å². The Morgan fingerprint density at radius 1 is 1.12 bits per heavy atom. The molecule has 0 saturated carbocycles. The number of carbonyl (C=O) groups excluding carboxylic acids is 1. The van der Waals surface area contributed by atoms with Gasteiger partial charge in [-0.1, -0.05) is 12.1 Å². The lowest BCUT2D eigenvalue weighted by Gasteiger charge is -2.41. The Labute approximate surface area is 148 Å². The molecular weight excluding hydrogens is 320 g/mol. The van der Waals surface area contributed by atoms with Crippen molar-refractivity contribution in [3.05, 3.63) is 35.4 Å². The second-order valence-electron chi connectivity index (χ2n) is 7.35. The maximum absolute atomic E-state index is 12.9. The maximum Gasteiger partial charge on any atom is 0.335 e. The van der Waals surface area contributed by atoms with Crippen molar-refractivity contribution in [3.8, 4) is 0 Å². The van der Waals surface area contributed by atoms with Crippen molar-refractivity contribution in [1.82, 2.24) is 9.80 Å². The molecule has 0 unspecified atom stereocenters.